The van der Waals surface area contributed by atoms with Crippen LogP contribution in [0.3, 0.4) is 0 Å². The van der Waals surface area contributed by atoms with E-state index in [1.54, 1.807) is 18.2 Å². The van der Waals surface area contributed by atoms with Gasteiger partial charge in [-0.05, 0) is 115 Å². The smallest absolute Gasteiger partial charge is 0.167 e. The van der Waals surface area contributed by atoms with Gasteiger partial charge in [0.05, 0.1) is 0 Å². The molecule has 0 spiro atoms. The lowest BCUT2D eigenvalue weighted by Crippen LogP contribution is -2.27. The molecule has 3 atom stereocenters. The van der Waals surface area contributed by atoms with Gasteiger partial charge in [0.2, 0.25) is 0 Å². The second-order valence-corrected chi connectivity index (χ2v) is 14.5. The third kappa shape index (κ3) is 21.7. The molecule has 0 radical (unpaired) electrons. The van der Waals surface area contributed by atoms with E-state index >= 15 is 0 Å². The van der Waals surface area contributed by atoms with Crippen molar-refractivity contribution < 1.29 is 26.3 Å². The topological polar surface area (TPSA) is 0 Å². The zero-order valence-electron chi connectivity index (χ0n) is 32.1. The molecule has 1 saturated carbocycles. The minimum atomic E-state index is -0.684. The van der Waals surface area contributed by atoms with Crippen molar-refractivity contribution in [3.8, 4) is 0 Å². The molecule has 3 aromatic rings. The van der Waals surface area contributed by atoms with E-state index in [0.29, 0.717) is 59.3 Å². The van der Waals surface area contributed by atoms with Gasteiger partial charge in [0.1, 0.15) is 5.83 Å². The summed E-state index contributed by atoms with van der Waals surface area (Å²) in [5.74, 6) is -2.99. The van der Waals surface area contributed by atoms with Crippen LogP contribution in [0.5, 0.6) is 0 Å². The Morgan fingerprint density at radius 2 is 0.889 bits per heavy atom. The lowest BCUT2D eigenvalue weighted by atomic mass is 9.69. The number of aryl methyl sites for hydroxylation is 5. The average Bonchev–Trinajstić information content (AvgIpc) is 3.11. The first-order chi connectivity index (χ1) is 24.5. The molecule has 0 amide bonds. The van der Waals surface area contributed by atoms with Gasteiger partial charge in [-0.1, -0.05) is 206 Å². The zero-order chi connectivity index (χ0) is 37.7. The molecule has 5 rings (SSSR count). The van der Waals surface area contributed by atoms with Crippen LogP contribution in [0.15, 0.2) is 53.6 Å². The summed E-state index contributed by atoms with van der Waals surface area (Å²) in [5.41, 5.74) is 4.06. The van der Waals surface area contributed by atoms with E-state index in [1.165, 1.54) is 6.42 Å². The average molecular weight is 907 g/mol. The minimum absolute atomic E-state index is 0. The summed E-state index contributed by atoms with van der Waals surface area (Å²) in [4.78, 5) is 0. The fourth-order valence-electron chi connectivity index (χ4n) is 7.79. The summed E-state index contributed by atoms with van der Waals surface area (Å²) in [6.07, 6.45) is 15.1. The van der Waals surface area contributed by atoms with Gasteiger partial charge in [-0.2, -0.15) is 0 Å². The fourth-order valence-corrected chi connectivity index (χ4v) is 7.79. The van der Waals surface area contributed by atoms with Crippen LogP contribution in [0.4, 0.5) is 26.3 Å². The fraction of sp³-hybridized carbons (Fsp3) is 0.649. The highest BCUT2D eigenvalue weighted by Crippen LogP contribution is 2.47. The molecule has 0 heterocycles. The van der Waals surface area contributed by atoms with Crippen LogP contribution < -0.4 is 0 Å². The lowest BCUT2D eigenvalue weighted by Gasteiger charge is -2.36. The number of hydrogen-bond donors (Lipinski definition) is 0. The molecule has 3 aromatic carbocycles. The number of rotatable bonds is 12. The van der Waals surface area contributed by atoms with Crippen molar-refractivity contribution >= 4 is 10.8 Å². The molecule has 378 valence electrons. The van der Waals surface area contributed by atoms with Crippen molar-refractivity contribution in [2.45, 2.75) is 234 Å². The summed E-state index contributed by atoms with van der Waals surface area (Å²) in [5, 5.41) is 1.25. The Morgan fingerprint density at radius 3 is 1.33 bits per heavy atom. The maximum atomic E-state index is 14.3. The van der Waals surface area contributed by atoms with Crippen LogP contribution in [0.2, 0.25) is 0 Å². The van der Waals surface area contributed by atoms with Gasteiger partial charge < -0.3 is 0 Å². The number of hydrogen-bond acceptors (Lipinski definition) is 0. The number of benzene rings is 3. The van der Waals surface area contributed by atoms with E-state index in [1.807, 2.05) is 52.8 Å². The molecule has 2 aliphatic carbocycles. The second-order valence-electron chi connectivity index (χ2n) is 14.5. The Bertz CT molecular complexity index is 1600. The van der Waals surface area contributed by atoms with Crippen molar-refractivity contribution in [2.24, 2.45) is 17.8 Å². The molecule has 0 saturated heterocycles. The lowest BCUT2D eigenvalue weighted by molar-refractivity contribution is 0.196. The molecule has 0 N–H and O–H groups in total. The van der Waals surface area contributed by atoms with E-state index in [0.717, 1.165) is 80.7 Å². The van der Waals surface area contributed by atoms with Crippen molar-refractivity contribution in [3.05, 3.63) is 105 Å². The summed E-state index contributed by atoms with van der Waals surface area (Å²) >= 11 is 0. The van der Waals surface area contributed by atoms with Crippen molar-refractivity contribution in [2.75, 3.05) is 0 Å². The summed E-state index contributed by atoms with van der Waals surface area (Å²) in [7, 11) is 0. The van der Waals surface area contributed by atoms with Gasteiger partial charge in [0, 0.05) is 11.3 Å². The Kier molecular flexibility index (Phi) is 55.2. The third-order valence-corrected chi connectivity index (χ3v) is 10.4. The Hall–Kier alpha value is -3.02. The van der Waals surface area contributed by atoms with Gasteiger partial charge in [-0.15, -0.1) is 0 Å². The monoisotopic (exact) mass is 907 g/mol. The molecule has 0 aromatic heterocycles. The summed E-state index contributed by atoms with van der Waals surface area (Å²) in [6, 6.07) is 9.14. The van der Waals surface area contributed by atoms with Gasteiger partial charge in [0.15, 0.2) is 29.1 Å². The summed E-state index contributed by atoms with van der Waals surface area (Å²) < 4.78 is 83.2. The first-order valence-corrected chi connectivity index (χ1v) is 19.6. The zero-order valence-corrected chi connectivity index (χ0v) is 32.1. The van der Waals surface area contributed by atoms with Crippen LogP contribution in [0.25, 0.3) is 10.8 Å². The highest BCUT2D eigenvalue weighted by atomic mass is 19.2. The van der Waals surface area contributed by atoms with Gasteiger partial charge >= 0.3 is 0 Å². The van der Waals surface area contributed by atoms with E-state index in [-0.39, 0.29) is 101 Å². The standard InChI is InChI=1S/C17H20F2.C16H24F2.C12H16F2.12CH4/c1-4-6-12-8-9-13-10-14(7-5-2)16(18)17(19)15(13)11(12)3;1-3-5-11-7-8-12-10-13(6-4-2)15(17)16(18)14(12)9-11;1-3-5-9-7-8-10(6-4-2)12(14)11(9)13;;;;;;;;;;;;/h8-10H,4-7H2,1-3H3;10-12,14H,3-9H2,1-2H3;7-8H,3-6H2,1-2H3;12*1H4. The highest BCUT2D eigenvalue weighted by Gasteiger charge is 2.37. The van der Waals surface area contributed by atoms with Crippen LogP contribution in [-0.2, 0) is 25.7 Å². The predicted molar refractivity (Wildman–Crippen MR) is 283 cm³/mol. The Morgan fingerprint density at radius 1 is 0.476 bits per heavy atom. The summed E-state index contributed by atoms with van der Waals surface area (Å²) in [6.45, 7) is 14.0. The Balaban J connectivity index is -0.0000000770. The number of halogens is 6. The SMILES string of the molecule is C.C.C.C.C.C.C.C.C.C.C.C.CCCC1=CC2CCC(CCC)CC2C(F)=C1F.CCCc1cc2ccc(CCC)c(C)c2c(F)c1F.CCCc1ccc(CCC)c(F)c1F. The van der Waals surface area contributed by atoms with Crippen molar-refractivity contribution in [3.63, 3.8) is 0 Å². The predicted octanol–water partition coefficient (Wildman–Crippen LogP) is 22.5. The molecule has 3 unspecified atom stereocenters. The first-order valence-electron chi connectivity index (χ1n) is 19.6. The second kappa shape index (κ2) is 41.7. The van der Waals surface area contributed by atoms with Crippen molar-refractivity contribution in [1.29, 1.82) is 0 Å². The normalized spacial score (nSPS) is 14.9. The van der Waals surface area contributed by atoms with Crippen LogP contribution in [0, 0.1) is 47.9 Å². The van der Waals surface area contributed by atoms with Gasteiger partial charge in [0.25, 0.3) is 0 Å². The largest absolute Gasteiger partial charge is 0.208 e. The number of allylic oxidation sites excluding steroid dienone is 4. The van der Waals surface area contributed by atoms with E-state index in [2.05, 4.69) is 13.8 Å². The Labute approximate surface area is 392 Å². The molecule has 6 heteroatoms. The van der Waals surface area contributed by atoms with Crippen LogP contribution in [-0.4, -0.2) is 0 Å². The minimum Gasteiger partial charge on any atom is -0.208 e. The van der Waals surface area contributed by atoms with E-state index in [9.17, 15) is 26.3 Å². The van der Waals surface area contributed by atoms with E-state index in [4.69, 9.17) is 0 Å². The number of fused-ring (bicyclic) bond motifs is 2. The van der Waals surface area contributed by atoms with Gasteiger partial charge in [-0.25, -0.2) is 26.3 Å². The van der Waals surface area contributed by atoms with E-state index < -0.39 is 34.9 Å². The van der Waals surface area contributed by atoms with Crippen molar-refractivity contribution in [1.82, 2.24) is 0 Å². The molecule has 0 bridgehead atoms. The van der Waals surface area contributed by atoms with Gasteiger partial charge in [-0.3, -0.25) is 0 Å². The molecular weight excluding hydrogens is 799 g/mol. The molecule has 0 aliphatic heterocycles. The van der Waals surface area contributed by atoms with Crippen LogP contribution >= 0.6 is 0 Å². The highest BCUT2D eigenvalue weighted by molar-refractivity contribution is 5.88. The quantitative estimate of drug-likeness (QED) is 0.159. The maximum absolute atomic E-state index is 14.3. The molecule has 2 aliphatic rings. The third-order valence-electron chi connectivity index (χ3n) is 10.4. The maximum Gasteiger partial charge on any atom is 0.167 e. The molecular formula is C57H108F6. The molecule has 0 nitrogen and oxygen atoms in total. The van der Waals surface area contributed by atoms with Crippen LogP contribution in [0.1, 0.15) is 229 Å². The molecule has 63 heavy (non-hydrogen) atoms. The molecule has 1 fully saturated rings. The first kappa shape index (κ1) is 83.5.